The zero-order chi connectivity index (χ0) is 10.8. The molecular formula is C10H10Br2N2O. The van der Waals surface area contributed by atoms with Crippen molar-refractivity contribution in [1.29, 1.82) is 0 Å². The van der Waals surface area contributed by atoms with Crippen LogP contribution in [-0.2, 0) is 0 Å². The number of aromatic nitrogens is 1. The van der Waals surface area contributed by atoms with E-state index < -0.39 is 0 Å². The van der Waals surface area contributed by atoms with Crippen molar-refractivity contribution in [1.82, 2.24) is 10.3 Å². The summed E-state index contributed by atoms with van der Waals surface area (Å²) in [6.07, 6.45) is 4.98. The number of rotatable bonds is 2. The van der Waals surface area contributed by atoms with Gasteiger partial charge in [-0.2, -0.15) is 0 Å². The summed E-state index contributed by atoms with van der Waals surface area (Å²) < 4.78 is 1.51. The number of hydrogen-bond acceptors (Lipinski definition) is 2. The summed E-state index contributed by atoms with van der Waals surface area (Å²) in [6.45, 7) is 0. The van der Waals surface area contributed by atoms with Crippen molar-refractivity contribution in [3.63, 3.8) is 0 Å². The van der Waals surface area contributed by atoms with Gasteiger partial charge < -0.3 is 5.32 Å². The summed E-state index contributed by atoms with van der Waals surface area (Å²) in [5.74, 6) is -0.0413. The number of hydrogen-bond donors (Lipinski definition) is 1. The van der Waals surface area contributed by atoms with E-state index in [1.807, 2.05) is 0 Å². The van der Waals surface area contributed by atoms with Gasteiger partial charge in [0.2, 0.25) is 0 Å². The van der Waals surface area contributed by atoms with Crippen LogP contribution in [0.15, 0.2) is 21.3 Å². The molecule has 1 aromatic rings. The molecule has 2 rings (SSSR count). The average Bonchev–Trinajstić information content (AvgIpc) is 2.15. The molecule has 0 atom stereocenters. The molecule has 1 aromatic heterocycles. The Morgan fingerprint density at radius 1 is 1.47 bits per heavy atom. The molecule has 1 fully saturated rings. The lowest BCUT2D eigenvalue weighted by Gasteiger charge is -2.26. The Kier molecular flexibility index (Phi) is 3.41. The number of nitrogens with one attached hydrogen (secondary N) is 1. The van der Waals surface area contributed by atoms with Gasteiger partial charge in [0, 0.05) is 12.2 Å². The predicted molar refractivity (Wildman–Crippen MR) is 64.7 cm³/mol. The minimum Gasteiger partial charge on any atom is -0.349 e. The van der Waals surface area contributed by atoms with E-state index in [-0.39, 0.29) is 5.91 Å². The van der Waals surface area contributed by atoms with Crippen molar-refractivity contribution in [2.45, 2.75) is 25.3 Å². The van der Waals surface area contributed by atoms with E-state index in [9.17, 15) is 4.79 Å². The molecule has 0 spiro atoms. The van der Waals surface area contributed by atoms with Crippen LogP contribution >= 0.6 is 31.9 Å². The third kappa shape index (κ3) is 2.58. The first-order valence-electron chi connectivity index (χ1n) is 4.79. The molecule has 1 aliphatic carbocycles. The van der Waals surface area contributed by atoms with Gasteiger partial charge >= 0.3 is 0 Å². The Hall–Kier alpha value is -0.420. The molecule has 80 valence electrons. The summed E-state index contributed by atoms with van der Waals surface area (Å²) in [5, 5.41) is 2.96. The first-order valence-corrected chi connectivity index (χ1v) is 6.37. The van der Waals surface area contributed by atoms with Gasteiger partial charge in [0.25, 0.3) is 5.91 Å². The van der Waals surface area contributed by atoms with Gasteiger partial charge in [-0.05, 0) is 57.2 Å². The van der Waals surface area contributed by atoms with Crippen molar-refractivity contribution >= 4 is 37.8 Å². The topological polar surface area (TPSA) is 42.0 Å². The number of amides is 1. The van der Waals surface area contributed by atoms with Crippen LogP contribution in [0.3, 0.4) is 0 Å². The zero-order valence-electron chi connectivity index (χ0n) is 7.96. The molecule has 1 heterocycles. The van der Waals surface area contributed by atoms with Gasteiger partial charge in [0.1, 0.15) is 4.60 Å². The lowest BCUT2D eigenvalue weighted by molar-refractivity contribution is 0.0916. The van der Waals surface area contributed by atoms with Crippen molar-refractivity contribution in [3.8, 4) is 0 Å². The SMILES string of the molecule is O=C(NC1CCC1)c1cnc(Br)c(Br)c1. The minimum atomic E-state index is -0.0413. The number of carbonyl (C=O) groups is 1. The van der Waals surface area contributed by atoms with Crippen LogP contribution in [0.5, 0.6) is 0 Å². The third-order valence-corrected chi connectivity index (χ3v) is 4.27. The quantitative estimate of drug-likeness (QED) is 0.845. The Balaban J connectivity index is 2.07. The van der Waals surface area contributed by atoms with Crippen molar-refractivity contribution in [3.05, 3.63) is 26.9 Å². The molecule has 0 saturated heterocycles. The fourth-order valence-corrected chi connectivity index (χ4v) is 1.93. The van der Waals surface area contributed by atoms with Gasteiger partial charge in [-0.15, -0.1) is 0 Å². The second-order valence-corrected chi connectivity index (χ2v) is 5.20. The maximum atomic E-state index is 11.7. The highest BCUT2D eigenvalue weighted by atomic mass is 79.9. The molecule has 1 amide bonds. The van der Waals surface area contributed by atoms with Gasteiger partial charge in [0.05, 0.1) is 10.0 Å². The van der Waals surface area contributed by atoms with Crippen LogP contribution in [0.4, 0.5) is 0 Å². The number of carbonyl (C=O) groups excluding carboxylic acids is 1. The summed E-state index contributed by atoms with van der Waals surface area (Å²) in [6, 6.07) is 2.13. The van der Waals surface area contributed by atoms with Crippen molar-refractivity contribution in [2.24, 2.45) is 0 Å². The fourth-order valence-electron chi connectivity index (χ4n) is 1.37. The molecule has 1 saturated carbocycles. The molecule has 1 N–H and O–H groups in total. The fraction of sp³-hybridized carbons (Fsp3) is 0.400. The van der Waals surface area contributed by atoms with Crippen LogP contribution in [-0.4, -0.2) is 16.9 Å². The maximum absolute atomic E-state index is 11.7. The van der Waals surface area contributed by atoms with Gasteiger partial charge in [-0.3, -0.25) is 4.79 Å². The summed E-state index contributed by atoms with van der Waals surface area (Å²) in [7, 11) is 0. The highest BCUT2D eigenvalue weighted by Crippen LogP contribution is 2.22. The summed E-state index contributed by atoms with van der Waals surface area (Å²) >= 11 is 6.59. The maximum Gasteiger partial charge on any atom is 0.253 e. The molecule has 5 heteroatoms. The minimum absolute atomic E-state index is 0.0413. The number of nitrogens with zero attached hydrogens (tertiary/aromatic N) is 1. The van der Waals surface area contributed by atoms with E-state index in [2.05, 4.69) is 42.2 Å². The van der Waals surface area contributed by atoms with Crippen LogP contribution in [0.2, 0.25) is 0 Å². The van der Waals surface area contributed by atoms with Crippen LogP contribution in [0.25, 0.3) is 0 Å². The molecule has 1 aliphatic rings. The standard InChI is InChI=1S/C10H10Br2N2O/c11-8-4-6(5-13-9(8)12)10(15)14-7-2-1-3-7/h4-5,7H,1-3H2,(H,14,15). The molecule has 0 aliphatic heterocycles. The zero-order valence-corrected chi connectivity index (χ0v) is 11.1. The van der Waals surface area contributed by atoms with E-state index in [1.54, 1.807) is 12.3 Å². The van der Waals surface area contributed by atoms with Crippen LogP contribution in [0, 0.1) is 0 Å². The Morgan fingerprint density at radius 2 is 2.20 bits per heavy atom. The first kappa shape index (κ1) is 11.1. The van der Waals surface area contributed by atoms with E-state index >= 15 is 0 Å². The molecule has 0 unspecified atom stereocenters. The lowest BCUT2D eigenvalue weighted by Crippen LogP contribution is -2.39. The van der Waals surface area contributed by atoms with Gasteiger partial charge in [0.15, 0.2) is 0 Å². The van der Waals surface area contributed by atoms with Crippen LogP contribution < -0.4 is 5.32 Å². The van der Waals surface area contributed by atoms with E-state index in [0.29, 0.717) is 16.2 Å². The normalized spacial score (nSPS) is 15.9. The van der Waals surface area contributed by atoms with Crippen molar-refractivity contribution < 1.29 is 4.79 Å². The van der Waals surface area contributed by atoms with Crippen LogP contribution in [0.1, 0.15) is 29.6 Å². The first-order chi connectivity index (χ1) is 7.16. The third-order valence-electron chi connectivity index (χ3n) is 2.50. The highest BCUT2D eigenvalue weighted by Gasteiger charge is 2.20. The van der Waals surface area contributed by atoms with E-state index in [0.717, 1.165) is 17.3 Å². The molecule has 0 radical (unpaired) electrons. The lowest BCUT2D eigenvalue weighted by atomic mass is 9.93. The monoisotopic (exact) mass is 332 g/mol. The largest absolute Gasteiger partial charge is 0.349 e. The van der Waals surface area contributed by atoms with E-state index in [1.165, 1.54) is 6.42 Å². The Bertz CT molecular complexity index is 391. The number of pyridine rings is 1. The number of halogens is 2. The molecule has 3 nitrogen and oxygen atoms in total. The molecule has 15 heavy (non-hydrogen) atoms. The highest BCUT2D eigenvalue weighted by molar-refractivity contribution is 9.13. The molecule has 0 aromatic carbocycles. The average molecular weight is 334 g/mol. The Labute approximate surface area is 105 Å². The Morgan fingerprint density at radius 3 is 2.73 bits per heavy atom. The molecule has 0 bridgehead atoms. The predicted octanol–water partition coefficient (Wildman–Crippen LogP) is 2.89. The second-order valence-electron chi connectivity index (χ2n) is 3.60. The molecular weight excluding hydrogens is 324 g/mol. The second kappa shape index (κ2) is 4.61. The summed E-state index contributed by atoms with van der Waals surface area (Å²) in [4.78, 5) is 15.8. The smallest absolute Gasteiger partial charge is 0.253 e. The van der Waals surface area contributed by atoms with E-state index in [4.69, 9.17) is 0 Å². The van der Waals surface area contributed by atoms with Gasteiger partial charge in [-0.1, -0.05) is 0 Å². The van der Waals surface area contributed by atoms with Crippen molar-refractivity contribution in [2.75, 3.05) is 0 Å². The van der Waals surface area contributed by atoms with Gasteiger partial charge in [-0.25, -0.2) is 4.98 Å². The summed E-state index contributed by atoms with van der Waals surface area (Å²) in [5.41, 5.74) is 0.594.